The van der Waals surface area contributed by atoms with Crippen LogP contribution >= 0.6 is 0 Å². The highest BCUT2D eigenvalue weighted by atomic mass is 16.5. The molecule has 2 aromatic heterocycles. The smallest absolute Gasteiger partial charge is 0.276 e. The average Bonchev–Trinajstić information content (AvgIpc) is 3.48. The molecule has 3 heterocycles. The number of Topliss-reactive ketones (excluding diaryl/α,β-unsaturated/α-hetero) is 1. The quantitative estimate of drug-likeness (QED) is 0.566. The Morgan fingerprint density at radius 1 is 1.31 bits per heavy atom. The Morgan fingerprint density at radius 2 is 2.21 bits per heavy atom. The van der Waals surface area contributed by atoms with E-state index in [-0.39, 0.29) is 30.0 Å². The van der Waals surface area contributed by atoms with E-state index in [2.05, 4.69) is 15.2 Å². The number of likely N-dealkylation sites (tertiary alicyclic amines) is 1. The van der Waals surface area contributed by atoms with E-state index in [1.165, 1.54) is 13.3 Å². The van der Waals surface area contributed by atoms with Gasteiger partial charge in [-0.05, 0) is 31.9 Å². The molecule has 0 radical (unpaired) electrons. The normalized spacial score (nSPS) is 16.2. The first-order valence-corrected chi connectivity index (χ1v) is 9.43. The van der Waals surface area contributed by atoms with Gasteiger partial charge >= 0.3 is 0 Å². The highest BCUT2D eigenvalue weighted by molar-refractivity contribution is 5.94. The van der Waals surface area contributed by atoms with Crippen LogP contribution in [0.1, 0.15) is 46.4 Å². The lowest BCUT2D eigenvalue weighted by Crippen LogP contribution is -2.38. The third-order valence-corrected chi connectivity index (χ3v) is 4.90. The van der Waals surface area contributed by atoms with Crippen LogP contribution in [-0.4, -0.2) is 49.1 Å². The van der Waals surface area contributed by atoms with Gasteiger partial charge in [-0.3, -0.25) is 14.3 Å². The average molecular weight is 395 g/mol. The monoisotopic (exact) mass is 395 g/mol. The van der Waals surface area contributed by atoms with Gasteiger partial charge in [-0.15, -0.1) is 0 Å². The van der Waals surface area contributed by atoms with Crippen molar-refractivity contribution in [3.8, 4) is 5.75 Å². The van der Waals surface area contributed by atoms with Crippen molar-refractivity contribution in [2.75, 3.05) is 6.54 Å². The number of nitrogens with zero attached hydrogens (tertiary/aromatic N) is 5. The van der Waals surface area contributed by atoms with Gasteiger partial charge in [0.2, 0.25) is 0 Å². The standard InChI is InChI=1S/C20H21N5O4/c1-14(26)15-4-2-6-17(8-15)28-11-18-9-19(23-29-18)20(27)25-7-3-5-16(25)10-24-13-21-12-22-24/h2,4,6,8-9,12-13,16H,3,5,7,10-11H2,1H3. The predicted molar refractivity (Wildman–Crippen MR) is 101 cm³/mol. The van der Waals surface area contributed by atoms with Gasteiger partial charge in [0.25, 0.3) is 5.91 Å². The number of ether oxygens (including phenoxy) is 1. The summed E-state index contributed by atoms with van der Waals surface area (Å²) in [6.07, 6.45) is 4.97. The number of carbonyl (C=O) groups is 2. The minimum atomic E-state index is -0.166. The molecule has 0 spiro atoms. The summed E-state index contributed by atoms with van der Waals surface area (Å²) in [7, 11) is 0. The highest BCUT2D eigenvalue weighted by Crippen LogP contribution is 2.22. The molecule has 9 heteroatoms. The zero-order valence-corrected chi connectivity index (χ0v) is 16.0. The summed E-state index contributed by atoms with van der Waals surface area (Å²) < 4.78 is 12.7. The molecule has 4 rings (SSSR count). The Morgan fingerprint density at radius 3 is 3.00 bits per heavy atom. The molecular weight excluding hydrogens is 374 g/mol. The van der Waals surface area contributed by atoms with Crippen LogP contribution in [0.3, 0.4) is 0 Å². The van der Waals surface area contributed by atoms with Crippen LogP contribution in [0.2, 0.25) is 0 Å². The SMILES string of the molecule is CC(=O)c1cccc(OCc2cc(C(=O)N3CCCC3Cn3cncn3)no2)c1. The summed E-state index contributed by atoms with van der Waals surface area (Å²) in [6, 6.07) is 8.56. The van der Waals surface area contributed by atoms with Crippen molar-refractivity contribution in [2.24, 2.45) is 0 Å². The molecule has 1 saturated heterocycles. The fourth-order valence-corrected chi connectivity index (χ4v) is 3.42. The molecule has 150 valence electrons. The van der Waals surface area contributed by atoms with E-state index in [0.29, 0.717) is 30.2 Å². The maximum absolute atomic E-state index is 12.9. The second kappa shape index (κ2) is 8.26. The summed E-state index contributed by atoms with van der Waals surface area (Å²) in [4.78, 5) is 30.1. The summed E-state index contributed by atoms with van der Waals surface area (Å²) in [5.41, 5.74) is 0.829. The molecule has 9 nitrogen and oxygen atoms in total. The second-order valence-electron chi connectivity index (χ2n) is 6.96. The first-order chi connectivity index (χ1) is 14.1. The van der Waals surface area contributed by atoms with Crippen LogP contribution < -0.4 is 4.74 Å². The molecule has 1 amide bonds. The molecule has 3 aromatic rings. The minimum absolute atomic E-state index is 0.0333. The van der Waals surface area contributed by atoms with Crippen LogP contribution in [0, 0.1) is 0 Å². The number of carbonyl (C=O) groups excluding carboxylic acids is 2. The van der Waals surface area contributed by atoms with Gasteiger partial charge in [0.15, 0.2) is 17.2 Å². The van der Waals surface area contributed by atoms with Gasteiger partial charge in [-0.2, -0.15) is 5.10 Å². The first kappa shape index (κ1) is 18.9. The van der Waals surface area contributed by atoms with Gasteiger partial charge in [0.1, 0.15) is 25.0 Å². The fraction of sp³-hybridized carbons (Fsp3) is 0.350. The van der Waals surface area contributed by atoms with E-state index in [1.54, 1.807) is 46.2 Å². The first-order valence-electron chi connectivity index (χ1n) is 9.43. The molecule has 0 N–H and O–H groups in total. The molecule has 29 heavy (non-hydrogen) atoms. The molecule has 1 aliphatic heterocycles. The lowest BCUT2D eigenvalue weighted by molar-refractivity contribution is 0.0710. The van der Waals surface area contributed by atoms with Crippen molar-refractivity contribution in [3.05, 3.63) is 60.0 Å². The Kier molecular flexibility index (Phi) is 5.37. The Bertz CT molecular complexity index is 998. The summed E-state index contributed by atoms with van der Waals surface area (Å²) in [5, 5.41) is 8.03. The van der Waals surface area contributed by atoms with Crippen molar-refractivity contribution in [2.45, 2.75) is 39.0 Å². The molecule has 1 fully saturated rings. The Balaban J connectivity index is 1.38. The van der Waals surface area contributed by atoms with Crippen molar-refractivity contribution < 1.29 is 18.8 Å². The third-order valence-electron chi connectivity index (χ3n) is 4.90. The number of benzene rings is 1. The van der Waals surface area contributed by atoms with Crippen molar-refractivity contribution in [1.29, 1.82) is 0 Å². The maximum Gasteiger partial charge on any atom is 0.276 e. The summed E-state index contributed by atoms with van der Waals surface area (Å²) >= 11 is 0. The van der Waals surface area contributed by atoms with Crippen LogP contribution in [0.25, 0.3) is 0 Å². The third kappa shape index (κ3) is 4.34. The molecule has 1 aromatic carbocycles. The molecule has 1 atom stereocenters. The molecular formula is C20H21N5O4. The zero-order chi connectivity index (χ0) is 20.2. The Hall–Kier alpha value is -3.49. The molecule has 0 aliphatic carbocycles. The summed E-state index contributed by atoms with van der Waals surface area (Å²) in [6.45, 7) is 2.90. The largest absolute Gasteiger partial charge is 0.486 e. The van der Waals surface area contributed by atoms with E-state index >= 15 is 0 Å². The molecule has 1 aliphatic rings. The van der Waals surface area contributed by atoms with Gasteiger partial charge in [0.05, 0.1) is 12.6 Å². The van der Waals surface area contributed by atoms with Crippen LogP contribution in [-0.2, 0) is 13.2 Å². The van der Waals surface area contributed by atoms with Crippen LogP contribution in [0.5, 0.6) is 5.75 Å². The number of ketones is 1. The lowest BCUT2D eigenvalue weighted by atomic mass is 10.1. The number of hydrogen-bond acceptors (Lipinski definition) is 7. The second-order valence-corrected chi connectivity index (χ2v) is 6.96. The number of amides is 1. The van der Waals surface area contributed by atoms with Gasteiger partial charge in [-0.1, -0.05) is 17.3 Å². The van der Waals surface area contributed by atoms with Crippen LogP contribution in [0.4, 0.5) is 0 Å². The van der Waals surface area contributed by atoms with Crippen molar-refractivity contribution in [3.63, 3.8) is 0 Å². The Labute approximate surface area is 167 Å². The van der Waals surface area contributed by atoms with Crippen molar-refractivity contribution >= 4 is 11.7 Å². The van der Waals surface area contributed by atoms with Gasteiger partial charge < -0.3 is 14.2 Å². The predicted octanol–water partition coefficient (Wildman–Crippen LogP) is 2.35. The molecule has 0 saturated carbocycles. The minimum Gasteiger partial charge on any atom is -0.486 e. The van der Waals surface area contributed by atoms with Gasteiger partial charge in [0, 0.05) is 18.2 Å². The zero-order valence-electron chi connectivity index (χ0n) is 16.0. The van der Waals surface area contributed by atoms with E-state index in [0.717, 1.165) is 12.8 Å². The summed E-state index contributed by atoms with van der Waals surface area (Å²) in [5.74, 6) is 0.790. The number of hydrogen-bond donors (Lipinski definition) is 0. The highest BCUT2D eigenvalue weighted by Gasteiger charge is 2.31. The van der Waals surface area contributed by atoms with Crippen LogP contribution in [0.15, 0.2) is 47.5 Å². The van der Waals surface area contributed by atoms with E-state index in [4.69, 9.17) is 9.26 Å². The van der Waals surface area contributed by atoms with E-state index in [1.807, 2.05) is 0 Å². The van der Waals surface area contributed by atoms with Gasteiger partial charge in [-0.25, -0.2) is 4.98 Å². The topological polar surface area (TPSA) is 103 Å². The lowest BCUT2D eigenvalue weighted by Gasteiger charge is -2.23. The molecule has 1 unspecified atom stereocenters. The number of aromatic nitrogens is 4. The maximum atomic E-state index is 12.9. The number of rotatable bonds is 7. The van der Waals surface area contributed by atoms with Crippen molar-refractivity contribution in [1.82, 2.24) is 24.8 Å². The molecule has 0 bridgehead atoms. The van der Waals surface area contributed by atoms with E-state index in [9.17, 15) is 9.59 Å². The fourth-order valence-electron chi connectivity index (χ4n) is 3.42. The van der Waals surface area contributed by atoms with E-state index < -0.39 is 0 Å².